The van der Waals surface area contributed by atoms with Gasteiger partial charge < -0.3 is 23.9 Å². The van der Waals surface area contributed by atoms with Crippen LogP contribution >= 0.6 is 34.7 Å². The summed E-state index contributed by atoms with van der Waals surface area (Å²) in [6.07, 6.45) is 7.82. The lowest BCUT2D eigenvalue weighted by Crippen LogP contribution is -2.39. The first kappa shape index (κ1) is 47.5. The van der Waals surface area contributed by atoms with E-state index in [2.05, 4.69) is 54.4 Å². The molecule has 3 amide bonds. The Morgan fingerprint density at radius 1 is 1.11 bits per heavy atom. The van der Waals surface area contributed by atoms with Crippen LogP contribution in [0.15, 0.2) is 76.7 Å². The molecule has 3 N–H and O–H groups in total. The fraction of sp³-hybridized carbons (Fsp3) is 0.244. The minimum Gasteiger partial charge on any atom is -0.481 e. The predicted octanol–water partition coefficient (Wildman–Crippen LogP) is 5.96. The molecule has 338 valence electrons. The summed E-state index contributed by atoms with van der Waals surface area (Å²) in [6, 6.07) is 14.3. The van der Waals surface area contributed by atoms with E-state index in [0.29, 0.717) is 38.4 Å². The average Bonchev–Trinajstić information content (AvgIpc) is 3.76. The molecule has 0 unspecified atom stereocenters. The lowest BCUT2D eigenvalue weighted by molar-refractivity contribution is -0.139. The molecule has 2 aliphatic rings. The second-order valence-corrected chi connectivity index (χ2v) is 17.7. The maximum Gasteiger partial charge on any atom is 0.341 e. The Morgan fingerprint density at radius 3 is 2.60 bits per heavy atom. The summed E-state index contributed by atoms with van der Waals surface area (Å²) in [7, 11) is -2.78. The van der Waals surface area contributed by atoms with E-state index in [0.717, 1.165) is 24.2 Å². The number of benzene rings is 3. The second kappa shape index (κ2) is 20.3. The van der Waals surface area contributed by atoms with Crippen LogP contribution in [0.2, 0.25) is 10.0 Å². The summed E-state index contributed by atoms with van der Waals surface area (Å²) in [4.78, 5) is 56.2. The fourth-order valence-electron chi connectivity index (χ4n) is 6.19. The van der Waals surface area contributed by atoms with Crippen molar-refractivity contribution >= 4 is 90.9 Å². The number of sulfonamides is 1. The molecule has 0 aliphatic carbocycles. The number of aromatic nitrogens is 6. The maximum absolute atomic E-state index is 14.5. The minimum absolute atomic E-state index is 0.00882. The van der Waals surface area contributed by atoms with Crippen molar-refractivity contribution in [3.05, 3.63) is 99.2 Å². The fourth-order valence-corrected chi connectivity index (χ4v) is 8.59. The highest BCUT2D eigenvalue weighted by Crippen LogP contribution is 2.38. The number of urea groups is 1. The van der Waals surface area contributed by atoms with E-state index < -0.39 is 34.4 Å². The summed E-state index contributed by atoms with van der Waals surface area (Å²) in [5.41, 5.74) is 1.24. The number of fused-ring (bicyclic) bond motifs is 3. The lowest BCUT2D eigenvalue weighted by Gasteiger charge is -2.28. The molecule has 2 aliphatic heterocycles. The zero-order valence-electron chi connectivity index (χ0n) is 34.7. The number of carboxylic acid groups (broad SMARTS) is 1. The van der Waals surface area contributed by atoms with E-state index >= 15 is 0 Å². The van der Waals surface area contributed by atoms with Crippen molar-refractivity contribution in [2.24, 2.45) is 10.4 Å². The van der Waals surface area contributed by atoms with Gasteiger partial charge in [-0.1, -0.05) is 55.1 Å². The molecule has 0 bridgehead atoms. The Labute approximate surface area is 384 Å². The van der Waals surface area contributed by atoms with Crippen molar-refractivity contribution in [3.63, 3.8) is 0 Å². The molecule has 24 heteroatoms. The number of aryl methyl sites for hydroxylation is 1. The van der Waals surface area contributed by atoms with Gasteiger partial charge in [0.1, 0.15) is 39.2 Å². The molecule has 5 heterocycles. The summed E-state index contributed by atoms with van der Waals surface area (Å²) in [5.74, 6) is 2.45. The SMILES string of the molecule is C#CCN1C(=O)COc2cc(F)c(N=c3snc4n3CC(C)(C)C4)cc21.COc1nc(C)nc(NC(=O)NS(=O)(=O)c2ccccc2Cl)n1.O=C(O)COc1ccc(Cl)c2cccnc12. The van der Waals surface area contributed by atoms with E-state index in [1.54, 1.807) is 43.5 Å². The number of nitrogens with zero attached hydrogens (tertiary/aromatic N) is 8. The largest absolute Gasteiger partial charge is 0.481 e. The molecule has 19 nitrogen and oxygen atoms in total. The molecule has 0 spiro atoms. The summed E-state index contributed by atoms with van der Waals surface area (Å²) in [6.45, 7) is 6.22. The number of carboxylic acids is 1. The van der Waals surface area contributed by atoms with Crippen LogP contribution in [0, 0.1) is 30.5 Å². The third-order valence-corrected chi connectivity index (χ3v) is 11.9. The molecule has 0 atom stereocenters. The first-order valence-corrected chi connectivity index (χ1v) is 21.9. The Hall–Kier alpha value is -6.93. The van der Waals surface area contributed by atoms with Crippen LogP contribution in [0.3, 0.4) is 0 Å². The standard InChI is InChI=1S/C18H17FN4O2S.C12H12ClN5O4S.C11H8ClNO3/c1-4-5-22-13-7-12(11(19)6-14(13)25-9-16(22)24)20-17-23-10-18(2,3)8-15(23)21-26-17;1-7-14-10(17-12(15-7)22-2)16-11(19)18-23(20,21)9-6-4-3-5-8(9)13;12-8-3-4-9(16-6-10(14)15)11-7(8)2-1-5-13-11/h1,6-7H,5,8-10H2,2-3H3;3-6H,1-2H3,(H2,14,15,16,17,18,19);1-5H,6H2,(H,14,15). The third kappa shape index (κ3) is 11.8. The minimum atomic E-state index is -4.13. The average molecular weight is 968 g/mol. The van der Waals surface area contributed by atoms with Gasteiger partial charge in [-0.05, 0) is 54.8 Å². The zero-order valence-corrected chi connectivity index (χ0v) is 37.8. The molecule has 65 heavy (non-hydrogen) atoms. The topological polar surface area (TPSA) is 242 Å². The zero-order chi connectivity index (χ0) is 47.1. The van der Waals surface area contributed by atoms with Crippen LogP contribution in [-0.4, -0.2) is 87.2 Å². The van der Waals surface area contributed by atoms with Crippen molar-refractivity contribution < 1.29 is 46.5 Å². The van der Waals surface area contributed by atoms with Gasteiger partial charge in [0.2, 0.25) is 10.7 Å². The molecular formula is C41H37Cl2FN10O9S2. The number of hydrogen-bond donors (Lipinski definition) is 3. The number of hydrogen-bond acceptors (Lipinski definition) is 15. The molecule has 0 fully saturated rings. The van der Waals surface area contributed by atoms with Crippen LogP contribution < -0.4 is 34.0 Å². The van der Waals surface area contributed by atoms with Crippen LogP contribution in [-0.2, 0) is 32.6 Å². The van der Waals surface area contributed by atoms with E-state index in [1.807, 2.05) is 9.29 Å². The summed E-state index contributed by atoms with van der Waals surface area (Å²) < 4.78 is 62.3. The molecule has 3 aromatic carbocycles. The van der Waals surface area contributed by atoms with Crippen molar-refractivity contribution in [3.8, 4) is 29.9 Å². The Balaban J connectivity index is 0.000000166. The molecule has 0 radical (unpaired) electrons. The second-order valence-electron chi connectivity index (χ2n) is 14.5. The van der Waals surface area contributed by atoms with Gasteiger partial charge in [0, 0.05) is 42.1 Å². The highest BCUT2D eigenvalue weighted by molar-refractivity contribution is 7.90. The van der Waals surface area contributed by atoms with Crippen LogP contribution in [0.1, 0.15) is 25.5 Å². The Bertz CT molecular complexity index is 3030. The Morgan fingerprint density at radius 2 is 1.88 bits per heavy atom. The van der Waals surface area contributed by atoms with Gasteiger partial charge in [-0.2, -0.15) is 19.3 Å². The van der Waals surface area contributed by atoms with Crippen molar-refractivity contribution in [1.82, 2.24) is 33.6 Å². The van der Waals surface area contributed by atoms with Crippen LogP contribution in [0.4, 0.5) is 26.5 Å². The van der Waals surface area contributed by atoms with Crippen LogP contribution in [0.5, 0.6) is 17.5 Å². The smallest absolute Gasteiger partial charge is 0.341 e. The highest BCUT2D eigenvalue weighted by Gasteiger charge is 2.31. The number of carbonyl (C=O) groups excluding carboxylic acids is 2. The van der Waals surface area contributed by atoms with E-state index in [1.165, 1.54) is 53.9 Å². The summed E-state index contributed by atoms with van der Waals surface area (Å²) >= 11 is 13.0. The molecule has 8 rings (SSSR count). The highest BCUT2D eigenvalue weighted by atomic mass is 35.5. The van der Waals surface area contributed by atoms with Gasteiger partial charge in [0.25, 0.3) is 15.9 Å². The first-order chi connectivity index (χ1) is 30.9. The number of ether oxygens (including phenoxy) is 3. The quantitative estimate of drug-likeness (QED) is 0.142. The van der Waals surface area contributed by atoms with Crippen molar-refractivity contribution in [1.29, 1.82) is 0 Å². The number of nitrogens with one attached hydrogen (secondary N) is 2. The summed E-state index contributed by atoms with van der Waals surface area (Å²) in [5, 5.41) is 12.0. The normalized spacial score (nSPS) is 13.7. The van der Waals surface area contributed by atoms with Gasteiger partial charge in [-0.25, -0.2) is 32.1 Å². The number of rotatable bonds is 9. The van der Waals surface area contributed by atoms with Crippen molar-refractivity contribution in [2.75, 3.05) is 37.1 Å². The third-order valence-electron chi connectivity index (χ3n) is 8.95. The number of methoxy groups -OCH3 is 1. The van der Waals surface area contributed by atoms with Gasteiger partial charge in [0.15, 0.2) is 19.0 Å². The van der Waals surface area contributed by atoms with Gasteiger partial charge in [0.05, 0.1) is 29.4 Å². The number of halogens is 3. The van der Waals surface area contributed by atoms with Gasteiger partial charge in [-0.3, -0.25) is 20.0 Å². The number of carbonyl (C=O) groups is 3. The number of anilines is 2. The molecule has 6 aromatic rings. The first-order valence-electron chi connectivity index (χ1n) is 18.9. The van der Waals surface area contributed by atoms with Gasteiger partial charge in [-0.15, -0.1) is 6.42 Å². The number of aliphatic carboxylic acids is 1. The van der Waals surface area contributed by atoms with Gasteiger partial charge >= 0.3 is 18.0 Å². The predicted molar refractivity (Wildman–Crippen MR) is 238 cm³/mol. The van der Waals surface area contributed by atoms with E-state index in [4.69, 9.17) is 48.9 Å². The number of terminal acetylenes is 1. The molecule has 0 saturated carbocycles. The maximum atomic E-state index is 14.5. The molecular weight excluding hydrogens is 931 g/mol. The number of amides is 3. The van der Waals surface area contributed by atoms with Crippen molar-refractivity contribution in [2.45, 2.75) is 38.6 Å². The van der Waals surface area contributed by atoms with E-state index in [9.17, 15) is 27.2 Å². The molecule has 3 aromatic heterocycles. The van der Waals surface area contributed by atoms with Crippen LogP contribution in [0.25, 0.3) is 10.9 Å². The molecule has 0 saturated heterocycles. The lowest BCUT2D eigenvalue weighted by atomic mass is 9.92. The number of pyridine rings is 1. The monoisotopic (exact) mass is 966 g/mol. The van der Waals surface area contributed by atoms with E-state index in [-0.39, 0.29) is 52.0 Å². The Kier molecular flexibility index (Phi) is 14.8.